The normalized spacial score (nSPS) is 14.3. The number of carboxylic acids is 1. The second-order valence-corrected chi connectivity index (χ2v) is 4.97. The van der Waals surface area contributed by atoms with Gasteiger partial charge in [0.05, 0.1) is 18.8 Å². The van der Waals surface area contributed by atoms with Crippen molar-refractivity contribution >= 4 is 5.97 Å². The zero-order valence-electron chi connectivity index (χ0n) is 11.9. The minimum absolute atomic E-state index is 0.0923. The summed E-state index contributed by atoms with van der Waals surface area (Å²) in [5.74, 6) is -1.01. The molecule has 3 N–H and O–H groups in total. The fourth-order valence-corrected chi connectivity index (χ4v) is 1.86. The molecule has 114 valence electrons. The molecule has 0 bridgehead atoms. The van der Waals surface area contributed by atoms with Crippen LogP contribution in [0.15, 0.2) is 0 Å². The number of unbranched alkanes of at least 4 members (excludes halogenated alkanes) is 4. The molecular weight excluding hydrogens is 248 g/mol. The molecule has 0 rings (SSSR count). The number of hydrogen-bond acceptors (Lipinski definition) is 4. The minimum atomic E-state index is -1.01. The van der Waals surface area contributed by atoms with Crippen molar-refractivity contribution < 1.29 is 24.9 Å². The first-order valence-corrected chi connectivity index (χ1v) is 7.22. The van der Waals surface area contributed by atoms with E-state index in [0.717, 1.165) is 44.9 Å². The highest BCUT2D eigenvalue weighted by Crippen LogP contribution is 2.11. The van der Waals surface area contributed by atoms with Gasteiger partial charge in [-0.05, 0) is 19.3 Å². The largest absolute Gasteiger partial charge is 0.480 e. The molecule has 5 nitrogen and oxygen atoms in total. The lowest BCUT2D eigenvalue weighted by molar-refractivity contribution is -0.143. The maximum Gasteiger partial charge on any atom is 0.329 e. The Morgan fingerprint density at radius 3 is 2.05 bits per heavy atom. The molecule has 0 aliphatic heterocycles. The molecule has 0 aromatic carbocycles. The Morgan fingerprint density at radius 1 is 1.00 bits per heavy atom. The van der Waals surface area contributed by atoms with E-state index in [1.165, 1.54) is 0 Å². The van der Waals surface area contributed by atoms with E-state index in [1.807, 2.05) is 6.92 Å². The summed E-state index contributed by atoms with van der Waals surface area (Å²) in [6.07, 6.45) is 6.88. The monoisotopic (exact) mass is 276 g/mol. The Hall–Kier alpha value is -0.650. The Labute approximate surface area is 115 Å². The third-order valence-electron chi connectivity index (χ3n) is 3.08. The highest BCUT2D eigenvalue weighted by atomic mass is 16.5. The molecule has 19 heavy (non-hydrogen) atoms. The molecule has 0 aliphatic carbocycles. The topological polar surface area (TPSA) is 87.0 Å². The highest BCUT2D eigenvalue weighted by molar-refractivity contribution is 5.67. The van der Waals surface area contributed by atoms with Crippen LogP contribution < -0.4 is 0 Å². The lowest BCUT2D eigenvalue weighted by atomic mass is 10.0. The number of ether oxygens (including phenoxy) is 1. The van der Waals surface area contributed by atoms with E-state index in [4.69, 9.17) is 9.84 Å². The summed E-state index contributed by atoms with van der Waals surface area (Å²) < 4.78 is 4.81. The van der Waals surface area contributed by atoms with Gasteiger partial charge in [0.15, 0.2) is 0 Å². The van der Waals surface area contributed by atoms with Crippen LogP contribution in [-0.4, -0.2) is 46.7 Å². The van der Waals surface area contributed by atoms with Crippen molar-refractivity contribution in [3.63, 3.8) is 0 Å². The molecular formula is C14H28O5. The number of carbonyl (C=O) groups is 1. The molecule has 0 fully saturated rings. The predicted molar refractivity (Wildman–Crippen MR) is 73.1 cm³/mol. The molecule has 2 unspecified atom stereocenters. The highest BCUT2D eigenvalue weighted by Gasteiger charge is 2.06. The van der Waals surface area contributed by atoms with E-state index in [1.54, 1.807) is 0 Å². The summed E-state index contributed by atoms with van der Waals surface area (Å²) in [7, 11) is 0. The number of carboxylic acid groups (broad SMARTS) is 1. The summed E-state index contributed by atoms with van der Waals surface area (Å²) in [6.45, 7) is 1.73. The lowest BCUT2D eigenvalue weighted by Crippen LogP contribution is -2.18. The second-order valence-electron chi connectivity index (χ2n) is 4.97. The van der Waals surface area contributed by atoms with Gasteiger partial charge in [0, 0.05) is 0 Å². The molecule has 0 aromatic heterocycles. The van der Waals surface area contributed by atoms with Crippen LogP contribution >= 0.6 is 0 Å². The van der Waals surface area contributed by atoms with Crippen molar-refractivity contribution in [2.75, 3.05) is 13.2 Å². The summed E-state index contributed by atoms with van der Waals surface area (Å²) in [6, 6.07) is 0. The predicted octanol–water partition coefficient (Wildman–Crippen LogP) is 1.95. The number of aliphatic carboxylic acids is 1. The maximum absolute atomic E-state index is 10.2. The zero-order valence-corrected chi connectivity index (χ0v) is 11.9. The molecule has 0 saturated heterocycles. The first-order valence-electron chi connectivity index (χ1n) is 7.22. The fourth-order valence-electron chi connectivity index (χ4n) is 1.86. The summed E-state index contributed by atoms with van der Waals surface area (Å²) in [5, 5.41) is 27.2. The Balaban J connectivity index is 3.22. The third kappa shape index (κ3) is 13.6. The number of aliphatic hydroxyl groups excluding tert-OH is 2. The molecule has 0 spiro atoms. The summed E-state index contributed by atoms with van der Waals surface area (Å²) >= 11 is 0. The quantitative estimate of drug-likeness (QED) is 0.448. The van der Waals surface area contributed by atoms with Gasteiger partial charge in [-0.25, -0.2) is 4.79 Å². The van der Waals surface area contributed by atoms with Crippen LogP contribution in [0.25, 0.3) is 0 Å². The number of hydrogen-bond donors (Lipinski definition) is 3. The van der Waals surface area contributed by atoms with Crippen LogP contribution in [0.4, 0.5) is 0 Å². The SMILES string of the molecule is CCC(O)CCCCCCCC(O)COCC(=O)O. The first kappa shape index (κ1) is 18.4. The van der Waals surface area contributed by atoms with Gasteiger partial charge in [-0.15, -0.1) is 0 Å². The van der Waals surface area contributed by atoms with E-state index in [-0.39, 0.29) is 19.3 Å². The van der Waals surface area contributed by atoms with Gasteiger partial charge in [-0.2, -0.15) is 0 Å². The molecule has 0 aliphatic rings. The molecule has 0 radical (unpaired) electrons. The molecule has 0 amide bonds. The van der Waals surface area contributed by atoms with Crippen molar-refractivity contribution in [3.05, 3.63) is 0 Å². The van der Waals surface area contributed by atoms with E-state index in [0.29, 0.717) is 6.42 Å². The first-order chi connectivity index (χ1) is 9.06. The second kappa shape index (κ2) is 12.4. The van der Waals surface area contributed by atoms with Crippen molar-refractivity contribution in [3.8, 4) is 0 Å². The van der Waals surface area contributed by atoms with Gasteiger partial charge in [0.1, 0.15) is 6.61 Å². The molecule has 0 heterocycles. The standard InChI is InChI=1S/C14H28O5/c1-2-12(15)8-6-4-3-5-7-9-13(16)10-19-11-14(17)18/h12-13,15-16H,2-11H2,1H3,(H,17,18). The molecule has 0 aromatic rings. The number of rotatable bonds is 13. The minimum Gasteiger partial charge on any atom is -0.480 e. The van der Waals surface area contributed by atoms with Crippen LogP contribution in [0.3, 0.4) is 0 Å². The Kier molecular flexibility index (Phi) is 12.0. The molecule has 2 atom stereocenters. The van der Waals surface area contributed by atoms with Crippen LogP contribution in [0.1, 0.15) is 58.3 Å². The van der Waals surface area contributed by atoms with Crippen molar-refractivity contribution in [1.29, 1.82) is 0 Å². The van der Waals surface area contributed by atoms with Crippen LogP contribution in [0, 0.1) is 0 Å². The van der Waals surface area contributed by atoms with Gasteiger partial charge < -0.3 is 20.1 Å². The van der Waals surface area contributed by atoms with Crippen LogP contribution in [0.5, 0.6) is 0 Å². The van der Waals surface area contributed by atoms with Gasteiger partial charge in [0.25, 0.3) is 0 Å². The third-order valence-corrected chi connectivity index (χ3v) is 3.08. The summed E-state index contributed by atoms with van der Waals surface area (Å²) in [5.41, 5.74) is 0. The van der Waals surface area contributed by atoms with Crippen LogP contribution in [-0.2, 0) is 9.53 Å². The van der Waals surface area contributed by atoms with E-state index in [9.17, 15) is 15.0 Å². The fraction of sp³-hybridized carbons (Fsp3) is 0.929. The lowest BCUT2D eigenvalue weighted by Gasteiger charge is -2.10. The molecule has 0 saturated carbocycles. The van der Waals surface area contributed by atoms with Crippen LogP contribution in [0.2, 0.25) is 0 Å². The maximum atomic E-state index is 10.2. The number of aliphatic hydroxyl groups is 2. The van der Waals surface area contributed by atoms with Gasteiger partial charge >= 0.3 is 5.97 Å². The molecule has 5 heteroatoms. The van der Waals surface area contributed by atoms with E-state index >= 15 is 0 Å². The van der Waals surface area contributed by atoms with Crippen molar-refractivity contribution in [1.82, 2.24) is 0 Å². The summed E-state index contributed by atoms with van der Waals surface area (Å²) in [4.78, 5) is 10.2. The average molecular weight is 276 g/mol. The Bertz CT molecular complexity index is 220. The van der Waals surface area contributed by atoms with Crippen molar-refractivity contribution in [2.45, 2.75) is 70.5 Å². The van der Waals surface area contributed by atoms with E-state index in [2.05, 4.69) is 0 Å². The van der Waals surface area contributed by atoms with Gasteiger partial charge in [-0.3, -0.25) is 0 Å². The Morgan fingerprint density at radius 2 is 1.53 bits per heavy atom. The average Bonchev–Trinajstić information content (AvgIpc) is 2.36. The zero-order chi connectivity index (χ0) is 14.5. The van der Waals surface area contributed by atoms with Crippen molar-refractivity contribution in [2.24, 2.45) is 0 Å². The van der Waals surface area contributed by atoms with Gasteiger partial charge in [-0.1, -0.05) is 39.0 Å². The van der Waals surface area contributed by atoms with Gasteiger partial charge in [0.2, 0.25) is 0 Å². The smallest absolute Gasteiger partial charge is 0.329 e. The van der Waals surface area contributed by atoms with E-state index < -0.39 is 12.1 Å².